The SMILES string of the molecule is CCOC(=O)C(F)c1cccc(SC)c1. The fraction of sp³-hybridized carbons (Fsp3) is 0.364. The first-order valence-corrected chi connectivity index (χ1v) is 5.86. The average molecular weight is 228 g/mol. The number of esters is 1. The molecule has 0 heterocycles. The van der Waals surface area contributed by atoms with Crippen molar-refractivity contribution >= 4 is 17.7 Å². The van der Waals surface area contributed by atoms with E-state index in [-0.39, 0.29) is 6.61 Å². The first kappa shape index (κ1) is 12.0. The van der Waals surface area contributed by atoms with Crippen molar-refractivity contribution in [1.29, 1.82) is 0 Å². The van der Waals surface area contributed by atoms with Gasteiger partial charge in [0.25, 0.3) is 0 Å². The monoisotopic (exact) mass is 228 g/mol. The highest BCUT2D eigenvalue weighted by Crippen LogP contribution is 2.23. The van der Waals surface area contributed by atoms with Gasteiger partial charge in [-0.2, -0.15) is 0 Å². The van der Waals surface area contributed by atoms with Gasteiger partial charge >= 0.3 is 5.97 Å². The lowest BCUT2D eigenvalue weighted by Crippen LogP contribution is -2.11. The zero-order valence-electron chi connectivity index (χ0n) is 8.70. The summed E-state index contributed by atoms with van der Waals surface area (Å²) in [6.07, 6.45) is 0.216. The predicted octanol–water partition coefficient (Wildman–Crippen LogP) is 2.98. The smallest absolute Gasteiger partial charge is 0.345 e. The van der Waals surface area contributed by atoms with Crippen LogP contribution in [0, 0.1) is 0 Å². The van der Waals surface area contributed by atoms with Gasteiger partial charge in [0.15, 0.2) is 0 Å². The van der Waals surface area contributed by atoms with Gasteiger partial charge in [-0.1, -0.05) is 12.1 Å². The maximum atomic E-state index is 13.5. The number of halogens is 1. The molecule has 2 nitrogen and oxygen atoms in total. The molecule has 1 unspecified atom stereocenters. The molecule has 0 aliphatic carbocycles. The molecule has 0 spiro atoms. The fourth-order valence-corrected chi connectivity index (χ4v) is 1.62. The lowest BCUT2D eigenvalue weighted by Gasteiger charge is -2.08. The number of alkyl halides is 1. The highest BCUT2D eigenvalue weighted by Gasteiger charge is 2.20. The molecular formula is C11H13FO2S. The van der Waals surface area contributed by atoms with Crippen molar-refractivity contribution < 1.29 is 13.9 Å². The Hall–Kier alpha value is -1.03. The van der Waals surface area contributed by atoms with E-state index in [2.05, 4.69) is 4.74 Å². The van der Waals surface area contributed by atoms with E-state index in [1.54, 1.807) is 25.1 Å². The van der Waals surface area contributed by atoms with Gasteiger partial charge in [-0.25, -0.2) is 9.18 Å². The second-order valence-electron chi connectivity index (χ2n) is 2.89. The normalized spacial score (nSPS) is 12.2. The van der Waals surface area contributed by atoms with E-state index in [4.69, 9.17) is 0 Å². The standard InChI is InChI=1S/C11H13FO2S/c1-3-14-11(13)10(12)8-5-4-6-9(7-8)15-2/h4-7,10H,3H2,1-2H3. The van der Waals surface area contributed by atoms with Crippen LogP contribution in [0.25, 0.3) is 0 Å². The van der Waals surface area contributed by atoms with Crippen molar-refractivity contribution in [2.75, 3.05) is 12.9 Å². The molecule has 82 valence electrons. The second-order valence-corrected chi connectivity index (χ2v) is 3.77. The van der Waals surface area contributed by atoms with Crippen LogP contribution in [-0.2, 0) is 9.53 Å². The highest BCUT2D eigenvalue weighted by molar-refractivity contribution is 7.98. The summed E-state index contributed by atoms with van der Waals surface area (Å²) in [6.45, 7) is 1.85. The van der Waals surface area contributed by atoms with Crippen molar-refractivity contribution in [3.8, 4) is 0 Å². The summed E-state index contributed by atoms with van der Waals surface area (Å²) in [5.41, 5.74) is 0.348. The summed E-state index contributed by atoms with van der Waals surface area (Å²) >= 11 is 1.51. The topological polar surface area (TPSA) is 26.3 Å². The first-order chi connectivity index (χ1) is 7.19. The number of hydrogen-bond acceptors (Lipinski definition) is 3. The Morgan fingerprint density at radius 3 is 2.93 bits per heavy atom. The third-order valence-electron chi connectivity index (χ3n) is 1.88. The Morgan fingerprint density at radius 2 is 2.33 bits per heavy atom. The van der Waals surface area contributed by atoms with Crippen LogP contribution in [0.15, 0.2) is 29.2 Å². The maximum Gasteiger partial charge on any atom is 0.345 e. The van der Waals surface area contributed by atoms with Crippen LogP contribution in [0.3, 0.4) is 0 Å². The number of hydrogen-bond donors (Lipinski definition) is 0. The van der Waals surface area contributed by atoms with Crippen molar-refractivity contribution in [3.05, 3.63) is 29.8 Å². The molecule has 0 aliphatic rings. The second kappa shape index (κ2) is 5.75. The molecule has 0 fully saturated rings. The van der Waals surface area contributed by atoms with Crippen LogP contribution >= 0.6 is 11.8 Å². The van der Waals surface area contributed by atoms with Gasteiger partial charge < -0.3 is 4.74 Å². The Balaban J connectivity index is 2.81. The van der Waals surface area contributed by atoms with Gasteiger partial charge in [-0.15, -0.1) is 11.8 Å². The van der Waals surface area contributed by atoms with E-state index in [0.717, 1.165) is 4.90 Å². The number of rotatable bonds is 4. The Morgan fingerprint density at radius 1 is 1.60 bits per heavy atom. The molecule has 1 rings (SSSR count). The van der Waals surface area contributed by atoms with Gasteiger partial charge in [0.2, 0.25) is 6.17 Å². The van der Waals surface area contributed by atoms with Crippen LogP contribution in [-0.4, -0.2) is 18.8 Å². The van der Waals surface area contributed by atoms with Crippen molar-refractivity contribution in [2.45, 2.75) is 18.0 Å². The molecule has 1 aromatic rings. The molecule has 0 saturated heterocycles. The first-order valence-electron chi connectivity index (χ1n) is 4.63. The molecule has 0 aromatic heterocycles. The number of carbonyl (C=O) groups excluding carboxylic acids is 1. The van der Waals surface area contributed by atoms with Crippen molar-refractivity contribution in [1.82, 2.24) is 0 Å². The molecule has 4 heteroatoms. The van der Waals surface area contributed by atoms with Gasteiger partial charge in [-0.05, 0) is 30.9 Å². The lowest BCUT2D eigenvalue weighted by atomic mass is 10.1. The third kappa shape index (κ3) is 3.23. The summed E-state index contributed by atoms with van der Waals surface area (Å²) in [4.78, 5) is 12.1. The molecule has 0 amide bonds. The molecule has 0 N–H and O–H groups in total. The maximum absolute atomic E-state index is 13.5. The fourth-order valence-electron chi connectivity index (χ4n) is 1.15. The largest absolute Gasteiger partial charge is 0.464 e. The van der Waals surface area contributed by atoms with E-state index >= 15 is 0 Å². The van der Waals surface area contributed by atoms with Crippen LogP contribution in [0.2, 0.25) is 0 Å². The zero-order valence-corrected chi connectivity index (χ0v) is 9.51. The summed E-state index contributed by atoms with van der Waals surface area (Å²) in [5, 5.41) is 0. The van der Waals surface area contributed by atoms with Crippen LogP contribution < -0.4 is 0 Å². The molecule has 1 aromatic carbocycles. The Kier molecular flexibility index (Phi) is 4.62. The molecule has 0 radical (unpaired) electrons. The Labute approximate surface area is 92.8 Å². The van der Waals surface area contributed by atoms with Crippen LogP contribution in [0.5, 0.6) is 0 Å². The minimum absolute atomic E-state index is 0.196. The minimum atomic E-state index is -1.68. The highest BCUT2D eigenvalue weighted by atomic mass is 32.2. The van der Waals surface area contributed by atoms with Gasteiger partial charge in [0.05, 0.1) is 6.61 Å². The van der Waals surface area contributed by atoms with E-state index in [1.807, 2.05) is 12.3 Å². The number of carbonyl (C=O) groups is 1. The van der Waals surface area contributed by atoms with Gasteiger partial charge in [0.1, 0.15) is 0 Å². The summed E-state index contributed by atoms with van der Waals surface area (Å²) in [6, 6.07) is 6.84. The molecule has 0 aliphatic heterocycles. The van der Waals surface area contributed by atoms with E-state index in [0.29, 0.717) is 5.56 Å². The number of ether oxygens (including phenoxy) is 1. The molecular weight excluding hydrogens is 215 g/mol. The minimum Gasteiger partial charge on any atom is -0.464 e. The molecule has 0 bridgehead atoms. The molecule has 15 heavy (non-hydrogen) atoms. The van der Waals surface area contributed by atoms with Crippen molar-refractivity contribution in [3.63, 3.8) is 0 Å². The van der Waals surface area contributed by atoms with E-state index in [1.165, 1.54) is 11.8 Å². The predicted molar refractivity (Wildman–Crippen MR) is 58.7 cm³/mol. The average Bonchev–Trinajstić information content (AvgIpc) is 2.28. The number of benzene rings is 1. The zero-order chi connectivity index (χ0) is 11.3. The quantitative estimate of drug-likeness (QED) is 0.585. The van der Waals surface area contributed by atoms with Crippen molar-refractivity contribution in [2.24, 2.45) is 0 Å². The van der Waals surface area contributed by atoms with E-state index < -0.39 is 12.1 Å². The lowest BCUT2D eigenvalue weighted by molar-refractivity contribution is -0.149. The van der Waals surface area contributed by atoms with E-state index in [9.17, 15) is 9.18 Å². The summed E-state index contributed by atoms with van der Waals surface area (Å²) in [7, 11) is 0. The molecule has 0 saturated carbocycles. The van der Waals surface area contributed by atoms with Gasteiger partial charge in [-0.3, -0.25) is 0 Å². The van der Waals surface area contributed by atoms with Gasteiger partial charge in [0, 0.05) is 4.90 Å². The number of thioether (sulfide) groups is 1. The summed E-state index contributed by atoms with van der Waals surface area (Å²) < 4.78 is 18.2. The third-order valence-corrected chi connectivity index (χ3v) is 2.61. The molecule has 1 atom stereocenters. The summed E-state index contributed by atoms with van der Waals surface area (Å²) in [5.74, 6) is -0.823. The van der Waals surface area contributed by atoms with Crippen LogP contribution in [0.1, 0.15) is 18.7 Å². The Bertz CT molecular complexity index is 341. The van der Waals surface area contributed by atoms with Crippen LogP contribution in [0.4, 0.5) is 4.39 Å².